The van der Waals surface area contributed by atoms with Gasteiger partial charge in [-0.05, 0) is 31.7 Å². The van der Waals surface area contributed by atoms with Crippen molar-refractivity contribution in [3.8, 4) is 0 Å². The maximum atomic E-state index is 11.9. The summed E-state index contributed by atoms with van der Waals surface area (Å²) in [5.74, 6) is -1.62. The van der Waals surface area contributed by atoms with E-state index in [1.165, 1.54) is 0 Å². The van der Waals surface area contributed by atoms with Crippen molar-refractivity contribution in [3.63, 3.8) is 0 Å². The van der Waals surface area contributed by atoms with E-state index in [4.69, 9.17) is 16.7 Å². The number of hydrogen-bond donors (Lipinski definition) is 2. The largest absolute Gasteiger partial charge is 0.481 e. The van der Waals surface area contributed by atoms with Gasteiger partial charge in [-0.2, -0.15) is 0 Å². The zero-order valence-electron chi connectivity index (χ0n) is 11.8. The maximum Gasteiger partial charge on any atom is 0.307 e. The van der Waals surface area contributed by atoms with Crippen LogP contribution >= 0.6 is 11.6 Å². The molecule has 5 nitrogen and oxygen atoms in total. The second-order valence-corrected chi connectivity index (χ2v) is 5.37. The summed E-state index contributed by atoms with van der Waals surface area (Å²) in [6.07, 6.45) is 0. The number of amides is 1. The van der Waals surface area contributed by atoms with E-state index in [9.17, 15) is 9.59 Å². The molecule has 0 radical (unpaired) electrons. The SMILES string of the molecule is Cc1ccc(NC(=O)CN(C)CC(C)C(=O)O)c(Cl)c1. The molecule has 0 aliphatic carbocycles. The van der Waals surface area contributed by atoms with Gasteiger partial charge < -0.3 is 10.4 Å². The summed E-state index contributed by atoms with van der Waals surface area (Å²) >= 11 is 6.03. The number of nitrogens with zero attached hydrogens (tertiary/aromatic N) is 1. The molecule has 20 heavy (non-hydrogen) atoms. The number of rotatable bonds is 6. The number of anilines is 1. The smallest absolute Gasteiger partial charge is 0.307 e. The number of likely N-dealkylation sites (N-methyl/N-ethyl adjacent to an activating group) is 1. The highest BCUT2D eigenvalue weighted by molar-refractivity contribution is 6.33. The number of carboxylic acids is 1. The van der Waals surface area contributed by atoms with Crippen molar-refractivity contribution in [2.24, 2.45) is 5.92 Å². The lowest BCUT2D eigenvalue weighted by Crippen LogP contribution is -2.35. The van der Waals surface area contributed by atoms with Crippen LogP contribution in [0, 0.1) is 12.8 Å². The molecule has 1 aromatic rings. The van der Waals surface area contributed by atoms with Gasteiger partial charge in [0.05, 0.1) is 23.2 Å². The molecule has 0 spiro atoms. The maximum absolute atomic E-state index is 11.9. The molecule has 0 aliphatic heterocycles. The van der Waals surface area contributed by atoms with Crippen LogP contribution in [0.25, 0.3) is 0 Å². The van der Waals surface area contributed by atoms with E-state index in [1.807, 2.05) is 13.0 Å². The van der Waals surface area contributed by atoms with Crippen molar-refractivity contribution in [2.75, 3.05) is 25.5 Å². The lowest BCUT2D eigenvalue weighted by molar-refractivity contribution is -0.141. The van der Waals surface area contributed by atoms with Crippen LogP contribution in [0.15, 0.2) is 18.2 Å². The summed E-state index contributed by atoms with van der Waals surface area (Å²) in [7, 11) is 1.70. The third-order valence-electron chi connectivity index (χ3n) is 2.82. The van der Waals surface area contributed by atoms with Crippen LogP contribution in [0.2, 0.25) is 5.02 Å². The molecule has 110 valence electrons. The second kappa shape index (κ2) is 7.26. The first-order valence-electron chi connectivity index (χ1n) is 6.27. The molecule has 0 bridgehead atoms. The fourth-order valence-electron chi connectivity index (χ4n) is 1.77. The summed E-state index contributed by atoms with van der Waals surface area (Å²) < 4.78 is 0. The molecule has 0 saturated heterocycles. The quantitative estimate of drug-likeness (QED) is 0.845. The average Bonchev–Trinajstić information content (AvgIpc) is 2.32. The van der Waals surface area contributed by atoms with E-state index in [0.29, 0.717) is 17.3 Å². The fraction of sp³-hybridized carbons (Fsp3) is 0.429. The van der Waals surface area contributed by atoms with Crippen LogP contribution in [-0.2, 0) is 9.59 Å². The van der Waals surface area contributed by atoms with Crippen molar-refractivity contribution < 1.29 is 14.7 Å². The van der Waals surface area contributed by atoms with Gasteiger partial charge in [0, 0.05) is 6.54 Å². The lowest BCUT2D eigenvalue weighted by Gasteiger charge is -2.18. The Labute approximate surface area is 123 Å². The van der Waals surface area contributed by atoms with E-state index in [1.54, 1.807) is 31.0 Å². The predicted octanol–water partition coefficient (Wildman–Crippen LogP) is 2.24. The molecular formula is C14H19ClN2O3. The summed E-state index contributed by atoms with van der Waals surface area (Å²) in [6.45, 7) is 3.94. The Hall–Kier alpha value is -1.59. The van der Waals surface area contributed by atoms with Crippen molar-refractivity contribution in [1.82, 2.24) is 4.90 Å². The van der Waals surface area contributed by atoms with E-state index in [0.717, 1.165) is 5.56 Å². The number of aryl methyl sites for hydroxylation is 1. The highest BCUT2D eigenvalue weighted by atomic mass is 35.5. The summed E-state index contributed by atoms with van der Waals surface area (Å²) in [4.78, 5) is 24.3. The molecular weight excluding hydrogens is 280 g/mol. The third kappa shape index (κ3) is 5.19. The Morgan fingerprint density at radius 3 is 2.65 bits per heavy atom. The number of carbonyl (C=O) groups excluding carboxylic acids is 1. The van der Waals surface area contributed by atoms with Crippen molar-refractivity contribution in [1.29, 1.82) is 0 Å². The van der Waals surface area contributed by atoms with Crippen molar-refractivity contribution >= 4 is 29.2 Å². The van der Waals surface area contributed by atoms with Gasteiger partial charge in [0.2, 0.25) is 5.91 Å². The van der Waals surface area contributed by atoms with Gasteiger partial charge in [-0.1, -0.05) is 24.6 Å². The number of benzene rings is 1. The van der Waals surface area contributed by atoms with Gasteiger partial charge in [0.25, 0.3) is 0 Å². The van der Waals surface area contributed by atoms with Crippen LogP contribution in [0.5, 0.6) is 0 Å². The molecule has 1 rings (SSSR count). The number of carboxylic acid groups (broad SMARTS) is 1. The Kier molecular flexibility index (Phi) is 5.98. The number of nitrogens with one attached hydrogen (secondary N) is 1. The van der Waals surface area contributed by atoms with Crippen molar-refractivity contribution in [3.05, 3.63) is 28.8 Å². The molecule has 0 saturated carbocycles. The first-order valence-corrected chi connectivity index (χ1v) is 6.64. The van der Waals surface area contributed by atoms with Crippen LogP contribution in [0.3, 0.4) is 0 Å². The molecule has 1 atom stereocenters. The minimum Gasteiger partial charge on any atom is -0.481 e. The normalized spacial score (nSPS) is 12.2. The number of aliphatic carboxylic acids is 1. The molecule has 1 amide bonds. The molecule has 0 aliphatic rings. The van der Waals surface area contributed by atoms with Crippen LogP contribution in [0.1, 0.15) is 12.5 Å². The number of halogens is 1. The first kappa shape index (κ1) is 16.5. The van der Waals surface area contributed by atoms with E-state index in [2.05, 4.69) is 5.32 Å². The Morgan fingerprint density at radius 1 is 1.45 bits per heavy atom. The van der Waals surface area contributed by atoms with E-state index in [-0.39, 0.29) is 12.5 Å². The molecule has 0 fully saturated rings. The topological polar surface area (TPSA) is 69.6 Å². The van der Waals surface area contributed by atoms with E-state index >= 15 is 0 Å². The highest BCUT2D eigenvalue weighted by Gasteiger charge is 2.15. The summed E-state index contributed by atoms with van der Waals surface area (Å²) in [5.41, 5.74) is 1.57. The fourth-order valence-corrected chi connectivity index (χ4v) is 2.05. The number of carbonyl (C=O) groups is 2. The van der Waals surface area contributed by atoms with Gasteiger partial charge in [-0.15, -0.1) is 0 Å². The van der Waals surface area contributed by atoms with Gasteiger partial charge in [0.1, 0.15) is 0 Å². The van der Waals surface area contributed by atoms with Crippen LogP contribution in [0.4, 0.5) is 5.69 Å². The van der Waals surface area contributed by atoms with E-state index < -0.39 is 11.9 Å². The van der Waals surface area contributed by atoms with Gasteiger partial charge in [0.15, 0.2) is 0 Å². The minimum absolute atomic E-state index is 0.113. The van der Waals surface area contributed by atoms with Gasteiger partial charge >= 0.3 is 5.97 Å². The monoisotopic (exact) mass is 298 g/mol. The average molecular weight is 299 g/mol. The zero-order chi connectivity index (χ0) is 15.3. The van der Waals surface area contributed by atoms with Crippen LogP contribution < -0.4 is 5.32 Å². The zero-order valence-corrected chi connectivity index (χ0v) is 12.6. The summed E-state index contributed by atoms with van der Waals surface area (Å²) in [5, 5.41) is 12.0. The predicted molar refractivity (Wildman–Crippen MR) is 79.1 cm³/mol. The second-order valence-electron chi connectivity index (χ2n) is 4.97. The standard InChI is InChI=1S/C14H19ClN2O3/c1-9-4-5-12(11(15)6-9)16-13(18)8-17(3)7-10(2)14(19)20/h4-6,10H,7-8H2,1-3H3,(H,16,18)(H,19,20). The Bertz CT molecular complexity index is 505. The first-order chi connectivity index (χ1) is 9.29. The Balaban J connectivity index is 2.53. The molecule has 0 heterocycles. The molecule has 1 aromatic carbocycles. The lowest BCUT2D eigenvalue weighted by atomic mass is 10.2. The molecule has 0 aromatic heterocycles. The minimum atomic E-state index is -0.876. The third-order valence-corrected chi connectivity index (χ3v) is 3.13. The molecule has 6 heteroatoms. The van der Waals surface area contributed by atoms with Gasteiger partial charge in [-0.3, -0.25) is 14.5 Å². The molecule has 1 unspecified atom stereocenters. The van der Waals surface area contributed by atoms with Gasteiger partial charge in [-0.25, -0.2) is 0 Å². The Morgan fingerprint density at radius 2 is 2.10 bits per heavy atom. The highest BCUT2D eigenvalue weighted by Crippen LogP contribution is 2.22. The summed E-state index contributed by atoms with van der Waals surface area (Å²) in [6, 6.07) is 5.38. The molecule has 2 N–H and O–H groups in total. The van der Waals surface area contributed by atoms with Crippen LogP contribution in [-0.4, -0.2) is 42.0 Å². The van der Waals surface area contributed by atoms with Crippen molar-refractivity contribution in [2.45, 2.75) is 13.8 Å². The number of hydrogen-bond acceptors (Lipinski definition) is 3.